The first-order valence-corrected chi connectivity index (χ1v) is 2.29. The molecule has 0 aromatic heterocycles. The molecule has 44 valence electrons. The molecule has 0 amide bonds. The topological polar surface area (TPSA) is 50.9 Å². The van der Waals surface area contributed by atoms with E-state index in [0.29, 0.717) is 6.54 Å². The van der Waals surface area contributed by atoms with Crippen LogP contribution in [0.1, 0.15) is 0 Å². The summed E-state index contributed by atoms with van der Waals surface area (Å²) >= 11 is 0. The van der Waals surface area contributed by atoms with Crippen LogP contribution < -0.4 is 0 Å². The molecule has 0 aromatic rings. The highest BCUT2D eigenvalue weighted by molar-refractivity contribution is 5.97. The Kier molecular flexibility index (Phi) is 2.82. The third kappa shape index (κ3) is 3.32. The van der Waals surface area contributed by atoms with E-state index in [2.05, 4.69) is 0 Å². The van der Waals surface area contributed by atoms with E-state index in [-0.39, 0.29) is 5.71 Å². The summed E-state index contributed by atoms with van der Waals surface area (Å²) in [6.07, 6.45) is 0. The standard InChI is InChI=1S/C5H9N3/c1-8(2)4-5(7)3-6/h7H,4H2,1-2H3. The van der Waals surface area contributed by atoms with Crippen molar-refractivity contribution in [3.8, 4) is 6.07 Å². The van der Waals surface area contributed by atoms with Gasteiger partial charge in [-0.3, -0.25) is 5.41 Å². The van der Waals surface area contributed by atoms with Crippen LogP contribution >= 0.6 is 0 Å². The zero-order chi connectivity index (χ0) is 6.57. The molecule has 0 rings (SSSR count). The second-order valence-corrected chi connectivity index (χ2v) is 1.83. The lowest BCUT2D eigenvalue weighted by atomic mass is 10.4. The number of rotatable bonds is 2. The summed E-state index contributed by atoms with van der Waals surface area (Å²) < 4.78 is 0. The van der Waals surface area contributed by atoms with E-state index in [4.69, 9.17) is 10.7 Å². The predicted octanol–water partition coefficient (Wildman–Crippen LogP) is 0.0914. The summed E-state index contributed by atoms with van der Waals surface area (Å²) in [6, 6.07) is 1.74. The van der Waals surface area contributed by atoms with Gasteiger partial charge >= 0.3 is 0 Å². The van der Waals surface area contributed by atoms with Crippen molar-refractivity contribution in [1.82, 2.24) is 4.90 Å². The molecule has 0 bridgehead atoms. The summed E-state index contributed by atoms with van der Waals surface area (Å²) in [7, 11) is 3.65. The van der Waals surface area contributed by atoms with Gasteiger partial charge in [0.2, 0.25) is 0 Å². The quantitative estimate of drug-likeness (QED) is 0.513. The molecule has 0 saturated carbocycles. The molecule has 3 nitrogen and oxygen atoms in total. The molecule has 0 spiro atoms. The maximum atomic E-state index is 8.08. The second-order valence-electron chi connectivity index (χ2n) is 1.83. The van der Waals surface area contributed by atoms with E-state index in [9.17, 15) is 0 Å². The second kappa shape index (κ2) is 3.16. The van der Waals surface area contributed by atoms with Crippen molar-refractivity contribution in [3.05, 3.63) is 0 Å². The number of nitriles is 1. The third-order valence-corrected chi connectivity index (χ3v) is 0.609. The Morgan fingerprint density at radius 3 is 2.38 bits per heavy atom. The summed E-state index contributed by atoms with van der Waals surface area (Å²) in [5.74, 6) is 0. The van der Waals surface area contributed by atoms with Crippen LogP contribution in [0.25, 0.3) is 0 Å². The number of nitrogens with one attached hydrogen (secondary N) is 1. The minimum Gasteiger partial charge on any atom is -0.303 e. The van der Waals surface area contributed by atoms with E-state index in [1.165, 1.54) is 0 Å². The molecule has 8 heavy (non-hydrogen) atoms. The zero-order valence-electron chi connectivity index (χ0n) is 5.10. The normalized spacial score (nSPS) is 8.75. The van der Waals surface area contributed by atoms with Crippen molar-refractivity contribution < 1.29 is 0 Å². The molecule has 0 aliphatic carbocycles. The van der Waals surface area contributed by atoms with E-state index >= 15 is 0 Å². The van der Waals surface area contributed by atoms with Crippen molar-refractivity contribution in [3.63, 3.8) is 0 Å². The van der Waals surface area contributed by atoms with E-state index < -0.39 is 0 Å². The molecular weight excluding hydrogens is 102 g/mol. The lowest BCUT2D eigenvalue weighted by molar-refractivity contribution is 0.470. The minimum atomic E-state index is 0.106. The molecule has 0 unspecified atom stereocenters. The van der Waals surface area contributed by atoms with Crippen LogP contribution in [0.3, 0.4) is 0 Å². The molecule has 0 heterocycles. The fourth-order valence-corrected chi connectivity index (χ4v) is 0.352. The summed E-state index contributed by atoms with van der Waals surface area (Å²) in [5, 5.41) is 14.9. The van der Waals surface area contributed by atoms with Crippen LogP contribution in [0.15, 0.2) is 0 Å². The summed E-state index contributed by atoms with van der Waals surface area (Å²) in [5.41, 5.74) is 0.106. The summed E-state index contributed by atoms with van der Waals surface area (Å²) in [4.78, 5) is 1.78. The Bertz CT molecular complexity index is 120. The SMILES string of the molecule is CN(C)CC(=N)C#N. The molecule has 0 aliphatic rings. The Morgan fingerprint density at radius 1 is 1.75 bits per heavy atom. The van der Waals surface area contributed by atoms with Gasteiger partial charge in [-0.2, -0.15) is 5.26 Å². The largest absolute Gasteiger partial charge is 0.303 e. The van der Waals surface area contributed by atoms with Crippen LogP contribution in [0.5, 0.6) is 0 Å². The van der Waals surface area contributed by atoms with Gasteiger partial charge in [0.15, 0.2) is 0 Å². The van der Waals surface area contributed by atoms with Crippen LogP contribution in [0.4, 0.5) is 0 Å². The molecule has 3 heteroatoms. The van der Waals surface area contributed by atoms with Gasteiger partial charge in [-0.05, 0) is 14.1 Å². The fourth-order valence-electron chi connectivity index (χ4n) is 0.352. The Labute approximate surface area is 49.0 Å². The first-order valence-electron chi connectivity index (χ1n) is 2.29. The number of hydrogen-bond acceptors (Lipinski definition) is 3. The zero-order valence-corrected chi connectivity index (χ0v) is 5.10. The number of nitrogens with zero attached hydrogens (tertiary/aromatic N) is 2. The van der Waals surface area contributed by atoms with Gasteiger partial charge in [-0.1, -0.05) is 0 Å². The first-order chi connectivity index (χ1) is 3.66. The van der Waals surface area contributed by atoms with Crippen molar-refractivity contribution in [2.75, 3.05) is 20.6 Å². The molecule has 0 aliphatic heterocycles. The maximum absolute atomic E-state index is 8.08. The molecule has 0 saturated heterocycles. The molecular formula is C5H9N3. The van der Waals surface area contributed by atoms with Crippen molar-refractivity contribution in [1.29, 1.82) is 10.7 Å². The van der Waals surface area contributed by atoms with E-state index in [0.717, 1.165) is 0 Å². The maximum Gasteiger partial charge on any atom is 0.123 e. The van der Waals surface area contributed by atoms with Gasteiger partial charge in [0.25, 0.3) is 0 Å². The summed E-state index contributed by atoms with van der Waals surface area (Å²) in [6.45, 7) is 0.441. The average molecular weight is 111 g/mol. The monoisotopic (exact) mass is 111 g/mol. The van der Waals surface area contributed by atoms with Gasteiger partial charge in [0.05, 0.1) is 0 Å². The van der Waals surface area contributed by atoms with E-state index in [1.54, 1.807) is 11.0 Å². The average Bonchev–Trinajstić information content (AvgIpc) is 1.65. The highest BCUT2D eigenvalue weighted by Gasteiger charge is 1.93. The van der Waals surface area contributed by atoms with Crippen LogP contribution in [0.2, 0.25) is 0 Å². The lowest BCUT2D eigenvalue weighted by Gasteiger charge is -2.03. The fraction of sp³-hybridized carbons (Fsp3) is 0.600. The van der Waals surface area contributed by atoms with Crippen LogP contribution in [-0.2, 0) is 0 Å². The lowest BCUT2D eigenvalue weighted by Crippen LogP contribution is -2.19. The van der Waals surface area contributed by atoms with Gasteiger partial charge in [-0.15, -0.1) is 0 Å². The van der Waals surface area contributed by atoms with Gasteiger partial charge in [0, 0.05) is 6.54 Å². The Balaban J connectivity index is 3.44. The highest BCUT2D eigenvalue weighted by atomic mass is 15.1. The Hall–Kier alpha value is -0.880. The van der Waals surface area contributed by atoms with Gasteiger partial charge in [0.1, 0.15) is 11.8 Å². The van der Waals surface area contributed by atoms with E-state index in [1.807, 2.05) is 14.1 Å². The van der Waals surface area contributed by atoms with Gasteiger partial charge < -0.3 is 4.90 Å². The minimum absolute atomic E-state index is 0.106. The molecule has 1 N–H and O–H groups in total. The first kappa shape index (κ1) is 7.12. The van der Waals surface area contributed by atoms with Crippen molar-refractivity contribution >= 4 is 5.71 Å². The highest BCUT2D eigenvalue weighted by Crippen LogP contribution is 1.73. The molecule has 0 atom stereocenters. The van der Waals surface area contributed by atoms with Gasteiger partial charge in [-0.25, -0.2) is 0 Å². The van der Waals surface area contributed by atoms with Crippen LogP contribution in [-0.4, -0.2) is 31.3 Å². The van der Waals surface area contributed by atoms with Crippen molar-refractivity contribution in [2.24, 2.45) is 0 Å². The third-order valence-electron chi connectivity index (χ3n) is 0.609. The molecule has 0 fully saturated rings. The predicted molar refractivity (Wildman–Crippen MR) is 31.9 cm³/mol. The molecule has 0 radical (unpaired) electrons. The van der Waals surface area contributed by atoms with Crippen molar-refractivity contribution in [2.45, 2.75) is 0 Å². The molecule has 0 aromatic carbocycles. The number of hydrogen-bond donors (Lipinski definition) is 1. The Morgan fingerprint density at radius 2 is 2.25 bits per heavy atom. The smallest absolute Gasteiger partial charge is 0.123 e. The van der Waals surface area contributed by atoms with Crippen LogP contribution in [0, 0.1) is 16.7 Å².